The van der Waals surface area contributed by atoms with E-state index in [0.29, 0.717) is 19.5 Å². The van der Waals surface area contributed by atoms with Crippen LogP contribution in [0.25, 0.3) is 5.57 Å². The van der Waals surface area contributed by atoms with Gasteiger partial charge in [0.25, 0.3) is 0 Å². The van der Waals surface area contributed by atoms with Gasteiger partial charge in [-0.15, -0.1) is 12.3 Å². The van der Waals surface area contributed by atoms with Gasteiger partial charge in [0.2, 0.25) is 5.91 Å². The first-order valence-electron chi connectivity index (χ1n) is 6.44. The highest BCUT2D eigenvalue weighted by Crippen LogP contribution is 2.22. The zero-order valence-corrected chi connectivity index (χ0v) is 10.9. The Morgan fingerprint density at radius 2 is 2.16 bits per heavy atom. The lowest BCUT2D eigenvalue weighted by atomic mass is 9.99. The van der Waals surface area contributed by atoms with Gasteiger partial charge in [-0.3, -0.25) is 4.79 Å². The molecule has 0 radical (unpaired) electrons. The maximum absolute atomic E-state index is 12.0. The Balaban J connectivity index is 2.00. The quantitative estimate of drug-likeness (QED) is 0.834. The number of carbonyl (C=O) groups is 1. The number of hydrogen-bond acceptors (Lipinski definition) is 2. The highest BCUT2D eigenvalue weighted by Gasteiger charge is 2.22. The molecule has 1 unspecified atom stereocenters. The van der Waals surface area contributed by atoms with Crippen molar-refractivity contribution in [3.8, 4) is 12.3 Å². The van der Waals surface area contributed by atoms with E-state index in [1.165, 1.54) is 11.1 Å². The Morgan fingerprint density at radius 1 is 1.42 bits per heavy atom. The van der Waals surface area contributed by atoms with E-state index in [2.05, 4.69) is 24.1 Å². The molecular weight excluding hydrogens is 236 g/mol. The van der Waals surface area contributed by atoms with Gasteiger partial charge in [-0.2, -0.15) is 0 Å². The molecule has 0 aromatic heterocycles. The molecule has 2 rings (SSSR count). The van der Waals surface area contributed by atoms with Crippen LogP contribution >= 0.6 is 0 Å². The summed E-state index contributed by atoms with van der Waals surface area (Å²) in [4.78, 5) is 13.8. The molecule has 1 amide bonds. The minimum atomic E-state index is -0.573. The van der Waals surface area contributed by atoms with Crippen LogP contribution in [0.3, 0.4) is 0 Å². The fraction of sp³-hybridized carbons (Fsp3) is 0.312. The molecule has 0 aliphatic carbocycles. The first-order chi connectivity index (χ1) is 9.22. The SMILES string of the molecule is C#CCC(N)C(=O)N1CC=C(c2ccccc2)CC1. The smallest absolute Gasteiger partial charge is 0.240 e. The molecule has 1 atom stereocenters. The summed E-state index contributed by atoms with van der Waals surface area (Å²) >= 11 is 0. The summed E-state index contributed by atoms with van der Waals surface area (Å²) in [6, 6.07) is 9.66. The van der Waals surface area contributed by atoms with Crippen molar-refractivity contribution in [3.05, 3.63) is 42.0 Å². The molecule has 3 heteroatoms. The van der Waals surface area contributed by atoms with Crippen molar-refractivity contribution < 1.29 is 4.79 Å². The van der Waals surface area contributed by atoms with E-state index < -0.39 is 6.04 Å². The van der Waals surface area contributed by atoms with Gasteiger partial charge in [0.1, 0.15) is 0 Å². The highest BCUT2D eigenvalue weighted by molar-refractivity contribution is 5.83. The molecule has 1 aliphatic heterocycles. The van der Waals surface area contributed by atoms with Crippen LogP contribution in [0.2, 0.25) is 0 Å². The molecule has 1 aliphatic rings. The van der Waals surface area contributed by atoms with Gasteiger partial charge in [0.05, 0.1) is 6.04 Å². The second-order valence-electron chi connectivity index (χ2n) is 4.64. The molecule has 19 heavy (non-hydrogen) atoms. The average molecular weight is 254 g/mol. The minimum Gasteiger partial charge on any atom is -0.337 e. The van der Waals surface area contributed by atoms with Gasteiger partial charge in [-0.1, -0.05) is 36.4 Å². The summed E-state index contributed by atoms with van der Waals surface area (Å²) in [6.07, 6.45) is 8.43. The van der Waals surface area contributed by atoms with E-state index in [-0.39, 0.29) is 5.91 Å². The third-order valence-corrected chi connectivity index (χ3v) is 3.32. The zero-order valence-electron chi connectivity index (χ0n) is 10.9. The third kappa shape index (κ3) is 3.24. The Bertz CT molecular complexity index is 513. The number of hydrogen-bond donors (Lipinski definition) is 1. The third-order valence-electron chi connectivity index (χ3n) is 3.32. The van der Waals surface area contributed by atoms with Crippen LogP contribution in [0.5, 0.6) is 0 Å². The van der Waals surface area contributed by atoms with Gasteiger partial charge in [0, 0.05) is 19.5 Å². The molecule has 98 valence electrons. The fourth-order valence-corrected chi connectivity index (χ4v) is 2.23. The number of nitrogens with two attached hydrogens (primary N) is 1. The zero-order chi connectivity index (χ0) is 13.7. The molecule has 1 aromatic carbocycles. The van der Waals surface area contributed by atoms with E-state index in [4.69, 9.17) is 12.2 Å². The highest BCUT2D eigenvalue weighted by atomic mass is 16.2. The van der Waals surface area contributed by atoms with Crippen LogP contribution in [0.15, 0.2) is 36.4 Å². The number of carbonyl (C=O) groups excluding carboxylic acids is 1. The Hall–Kier alpha value is -2.05. The lowest BCUT2D eigenvalue weighted by Crippen LogP contribution is -2.45. The lowest BCUT2D eigenvalue weighted by molar-refractivity contribution is -0.132. The summed E-state index contributed by atoms with van der Waals surface area (Å²) in [7, 11) is 0. The van der Waals surface area contributed by atoms with Gasteiger partial charge in [0.15, 0.2) is 0 Å². The van der Waals surface area contributed by atoms with Crippen LogP contribution in [0.1, 0.15) is 18.4 Å². The van der Waals surface area contributed by atoms with E-state index in [9.17, 15) is 4.79 Å². The van der Waals surface area contributed by atoms with Crippen molar-refractivity contribution in [2.24, 2.45) is 5.73 Å². The molecule has 2 N–H and O–H groups in total. The molecule has 1 aromatic rings. The fourth-order valence-electron chi connectivity index (χ4n) is 2.23. The van der Waals surface area contributed by atoms with Gasteiger partial charge < -0.3 is 10.6 Å². The Labute approximate surface area is 114 Å². The standard InChI is InChI=1S/C16H18N2O/c1-2-6-15(17)16(19)18-11-9-14(10-12-18)13-7-4-3-5-8-13/h1,3-5,7-9,15H,6,10-12,17H2. The molecule has 0 saturated carbocycles. The Kier molecular flexibility index (Phi) is 4.38. The summed E-state index contributed by atoms with van der Waals surface area (Å²) < 4.78 is 0. The lowest BCUT2D eigenvalue weighted by Gasteiger charge is -2.28. The van der Waals surface area contributed by atoms with Gasteiger partial charge in [-0.25, -0.2) is 0 Å². The summed E-state index contributed by atoms with van der Waals surface area (Å²) in [5.74, 6) is 2.38. The van der Waals surface area contributed by atoms with Crippen molar-refractivity contribution in [2.75, 3.05) is 13.1 Å². The van der Waals surface area contributed by atoms with Crippen molar-refractivity contribution in [1.29, 1.82) is 0 Å². The predicted molar refractivity (Wildman–Crippen MR) is 77.0 cm³/mol. The first-order valence-corrected chi connectivity index (χ1v) is 6.44. The van der Waals surface area contributed by atoms with Crippen molar-refractivity contribution in [2.45, 2.75) is 18.9 Å². The monoisotopic (exact) mass is 254 g/mol. The van der Waals surface area contributed by atoms with Crippen LogP contribution in [0, 0.1) is 12.3 Å². The van der Waals surface area contributed by atoms with Crippen LogP contribution in [-0.4, -0.2) is 29.9 Å². The topological polar surface area (TPSA) is 46.3 Å². The molecule has 0 saturated heterocycles. The summed E-state index contributed by atoms with van der Waals surface area (Å²) in [5.41, 5.74) is 8.26. The summed E-state index contributed by atoms with van der Waals surface area (Å²) in [6.45, 7) is 1.32. The second-order valence-corrected chi connectivity index (χ2v) is 4.64. The maximum atomic E-state index is 12.0. The Morgan fingerprint density at radius 3 is 2.74 bits per heavy atom. The second kappa shape index (κ2) is 6.21. The number of nitrogens with zero attached hydrogens (tertiary/aromatic N) is 1. The number of rotatable bonds is 3. The van der Waals surface area contributed by atoms with Crippen LogP contribution in [-0.2, 0) is 4.79 Å². The van der Waals surface area contributed by atoms with Crippen molar-refractivity contribution >= 4 is 11.5 Å². The molecule has 0 bridgehead atoms. The summed E-state index contributed by atoms with van der Waals surface area (Å²) in [5, 5.41) is 0. The van der Waals surface area contributed by atoms with E-state index in [0.717, 1.165) is 6.42 Å². The van der Waals surface area contributed by atoms with E-state index in [1.54, 1.807) is 4.90 Å². The van der Waals surface area contributed by atoms with Gasteiger partial charge >= 0.3 is 0 Å². The predicted octanol–water partition coefficient (Wildman–Crippen LogP) is 1.65. The van der Waals surface area contributed by atoms with Crippen LogP contribution in [0.4, 0.5) is 0 Å². The molecular formula is C16H18N2O. The average Bonchev–Trinajstić information content (AvgIpc) is 2.48. The van der Waals surface area contributed by atoms with Crippen molar-refractivity contribution in [1.82, 2.24) is 4.90 Å². The van der Waals surface area contributed by atoms with Crippen LogP contribution < -0.4 is 5.73 Å². The first kappa shape index (κ1) is 13.4. The minimum absolute atomic E-state index is 0.0543. The number of terminal acetylenes is 1. The van der Waals surface area contributed by atoms with E-state index >= 15 is 0 Å². The maximum Gasteiger partial charge on any atom is 0.240 e. The molecule has 0 fully saturated rings. The number of amides is 1. The van der Waals surface area contributed by atoms with Gasteiger partial charge in [-0.05, 0) is 17.6 Å². The molecule has 3 nitrogen and oxygen atoms in total. The van der Waals surface area contributed by atoms with E-state index in [1.807, 2.05) is 18.2 Å². The number of benzene rings is 1. The molecule has 1 heterocycles. The normalized spacial score (nSPS) is 16.4. The van der Waals surface area contributed by atoms with Crippen molar-refractivity contribution in [3.63, 3.8) is 0 Å². The largest absolute Gasteiger partial charge is 0.337 e. The molecule has 0 spiro atoms.